The highest BCUT2D eigenvalue weighted by molar-refractivity contribution is 6.51. The SMILES string of the molecule is CCCC(NC(=O)[C@@H]1[C@@H]2[C@H](CN1C(=O)[C@@H](C)C1Cc3ccccc3C1)C2(Cl)Cl)C(=O)C(=O)NC. The summed E-state index contributed by atoms with van der Waals surface area (Å²) in [6.45, 7) is 4.09. The highest BCUT2D eigenvalue weighted by atomic mass is 35.5. The van der Waals surface area contributed by atoms with Gasteiger partial charge in [-0.15, -0.1) is 23.2 Å². The molecule has 2 fully saturated rings. The number of halogens is 2. The van der Waals surface area contributed by atoms with E-state index in [9.17, 15) is 19.2 Å². The molecule has 1 heterocycles. The number of carbonyl (C=O) groups excluding carboxylic acids is 4. The minimum Gasteiger partial charge on any atom is -0.353 e. The third-order valence-electron chi connectivity index (χ3n) is 7.72. The van der Waals surface area contributed by atoms with Crippen LogP contribution >= 0.6 is 23.2 Å². The largest absolute Gasteiger partial charge is 0.353 e. The van der Waals surface area contributed by atoms with E-state index in [-0.39, 0.29) is 23.7 Å². The van der Waals surface area contributed by atoms with Gasteiger partial charge in [0.15, 0.2) is 0 Å². The monoisotopic (exact) mass is 507 g/mol. The first-order valence-corrected chi connectivity index (χ1v) is 12.7. The molecule has 9 heteroatoms. The number of piperidine rings is 1. The predicted octanol–water partition coefficient (Wildman–Crippen LogP) is 2.27. The molecule has 184 valence electrons. The highest BCUT2D eigenvalue weighted by Gasteiger charge is 2.74. The van der Waals surface area contributed by atoms with Gasteiger partial charge in [-0.05, 0) is 36.3 Å². The van der Waals surface area contributed by atoms with Crippen LogP contribution < -0.4 is 10.6 Å². The Kier molecular flexibility index (Phi) is 6.98. The lowest BCUT2D eigenvalue weighted by molar-refractivity contribution is -0.145. The Labute approximate surface area is 209 Å². The van der Waals surface area contributed by atoms with Crippen LogP contribution in [0, 0.1) is 23.7 Å². The number of hydrogen-bond donors (Lipinski definition) is 2. The molecular formula is C25H31Cl2N3O4. The maximum absolute atomic E-state index is 13.6. The summed E-state index contributed by atoms with van der Waals surface area (Å²) in [5.74, 6) is -2.76. The number of carbonyl (C=O) groups is 4. The molecule has 4 rings (SSSR count). The molecule has 0 spiro atoms. The van der Waals surface area contributed by atoms with E-state index < -0.39 is 39.9 Å². The number of amides is 3. The van der Waals surface area contributed by atoms with Crippen molar-refractivity contribution in [1.82, 2.24) is 15.5 Å². The van der Waals surface area contributed by atoms with Gasteiger partial charge in [-0.3, -0.25) is 19.2 Å². The Morgan fingerprint density at radius 1 is 1.15 bits per heavy atom. The Hall–Kier alpha value is -2.12. The van der Waals surface area contributed by atoms with Gasteiger partial charge in [-0.25, -0.2) is 0 Å². The van der Waals surface area contributed by atoms with E-state index >= 15 is 0 Å². The Bertz CT molecular complexity index is 989. The lowest BCUT2D eigenvalue weighted by atomic mass is 9.89. The molecule has 5 atom stereocenters. The molecule has 0 bridgehead atoms. The van der Waals surface area contributed by atoms with Gasteiger partial charge in [0.2, 0.25) is 17.6 Å². The summed E-state index contributed by atoms with van der Waals surface area (Å²) in [6.07, 6.45) is 2.57. The molecule has 7 nitrogen and oxygen atoms in total. The second-order valence-electron chi connectivity index (χ2n) is 9.76. The molecular weight excluding hydrogens is 477 g/mol. The van der Waals surface area contributed by atoms with Crippen molar-refractivity contribution in [3.8, 4) is 0 Å². The van der Waals surface area contributed by atoms with E-state index in [4.69, 9.17) is 23.2 Å². The van der Waals surface area contributed by atoms with E-state index in [0.29, 0.717) is 19.4 Å². The second-order valence-corrected chi connectivity index (χ2v) is 11.2. The summed E-state index contributed by atoms with van der Waals surface area (Å²) in [5, 5.41) is 5.03. The van der Waals surface area contributed by atoms with E-state index in [0.717, 1.165) is 12.8 Å². The van der Waals surface area contributed by atoms with Crippen LogP contribution in [-0.4, -0.2) is 58.4 Å². The molecule has 0 radical (unpaired) electrons. The number of likely N-dealkylation sites (N-methyl/N-ethyl adjacent to an activating group) is 1. The number of alkyl halides is 2. The van der Waals surface area contributed by atoms with Crippen LogP contribution in [0.2, 0.25) is 0 Å². The lowest BCUT2D eigenvalue weighted by Gasteiger charge is -2.33. The average molecular weight is 508 g/mol. The van der Waals surface area contributed by atoms with Crippen molar-refractivity contribution in [2.24, 2.45) is 23.7 Å². The van der Waals surface area contributed by atoms with Crippen LogP contribution in [0.15, 0.2) is 24.3 Å². The van der Waals surface area contributed by atoms with Gasteiger partial charge in [0.1, 0.15) is 10.4 Å². The van der Waals surface area contributed by atoms with Gasteiger partial charge in [0, 0.05) is 31.3 Å². The van der Waals surface area contributed by atoms with Gasteiger partial charge in [0.25, 0.3) is 5.91 Å². The zero-order valence-electron chi connectivity index (χ0n) is 19.6. The first-order chi connectivity index (χ1) is 16.1. The standard InChI is InChI=1S/C25H31Cl2N3O4/c1-4-7-18(21(31)23(33)28-3)29-22(32)20-19-17(25(19,26)27)12-30(20)24(34)13(2)16-10-14-8-5-6-9-15(14)11-16/h5-6,8-9,13,16-20H,4,7,10-12H2,1-3H3,(H,28,33)(H,29,32)/t13-,17-,18?,19-,20-/m0/s1. The average Bonchev–Trinajstić information content (AvgIpc) is 3.21. The van der Waals surface area contributed by atoms with Crippen molar-refractivity contribution in [1.29, 1.82) is 0 Å². The number of nitrogens with one attached hydrogen (secondary N) is 2. The maximum atomic E-state index is 13.6. The summed E-state index contributed by atoms with van der Waals surface area (Å²) < 4.78 is -1.07. The number of fused-ring (bicyclic) bond motifs is 2. The number of ketones is 1. The Balaban J connectivity index is 1.50. The van der Waals surface area contributed by atoms with E-state index in [1.165, 1.54) is 18.2 Å². The van der Waals surface area contributed by atoms with Crippen molar-refractivity contribution < 1.29 is 19.2 Å². The first kappa shape index (κ1) is 25.0. The second kappa shape index (κ2) is 9.50. The molecule has 1 unspecified atom stereocenters. The summed E-state index contributed by atoms with van der Waals surface area (Å²) in [5.41, 5.74) is 2.53. The number of Topliss-reactive ketones (excluding diaryl/α,β-unsaturated/α-hetero) is 1. The van der Waals surface area contributed by atoms with Crippen molar-refractivity contribution >= 4 is 46.7 Å². The van der Waals surface area contributed by atoms with Crippen molar-refractivity contribution in [2.75, 3.05) is 13.6 Å². The van der Waals surface area contributed by atoms with Crippen LogP contribution in [0.4, 0.5) is 0 Å². The van der Waals surface area contributed by atoms with Crippen LogP contribution in [0.25, 0.3) is 0 Å². The minimum absolute atomic E-state index is 0.0982. The fourth-order valence-electron chi connectivity index (χ4n) is 5.64. The van der Waals surface area contributed by atoms with Gasteiger partial charge >= 0.3 is 0 Å². The smallest absolute Gasteiger partial charge is 0.289 e. The first-order valence-electron chi connectivity index (χ1n) is 11.9. The third-order valence-corrected chi connectivity index (χ3v) is 8.79. The third kappa shape index (κ3) is 4.33. The molecule has 3 amide bonds. The quantitative estimate of drug-likeness (QED) is 0.416. The number of rotatable bonds is 8. The molecule has 34 heavy (non-hydrogen) atoms. The van der Waals surface area contributed by atoms with E-state index in [1.54, 1.807) is 4.90 Å². The van der Waals surface area contributed by atoms with Gasteiger partial charge in [0.05, 0.1) is 6.04 Å². The van der Waals surface area contributed by atoms with E-state index in [1.807, 2.05) is 26.0 Å². The van der Waals surface area contributed by atoms with Crippen LogP contribution in [-0.2, 0) is 32.0 Å². The zero-order chi connectivity index (χ0) is 24.8. The molecule has 3 aliphatic rings. The van der Waals surface area contributed by atoms with Crippen molar-refractivity contribution in [2.45, 2.75) is 55.9 Å². The fraction of sp³-hybridized carbons (Fsp3) is 0.600. The summed E-state index contributed by atoms with van der Waals surface area (Å²) in [6, 6.07) is 6.39. The van der Waals surface area contributed by atoms with Gasteiger partial charge < -0.3 is 15.5 Å². The van der Waals surface area contributed by atoms with Gasteiger partial charge in [-0.2, -0.15) is 0 Å². The normalized spacial score (nSPS) is 26.3. The van der Waals surface area contributed by atoms with Crippen LogP contribution in [0.3, 0.4) is 0 Å². The molecule has 1 aromatic carbocycles. The zero-order valence-corrected chi connectivity index (χ0v) is 21.2. The number of benzene rings is 1. The molecule has 1 aromatic rings. The lowest BCUT2D eigenvalue weighted by Crippen LogP contribution is -2.56. The number of nitrogens with zero attached hydrogens (tertiary/aromatic N) is 1. The van der Waals surface area contributed by atoms with Crippen LogP contribution in [0.5, 0.6) is 0 Å². The Morgan fingerprint density at radius 2 is 1.76 bits per heavy atom. The summed E-state index contributed by atoms with van der Waals surface area (Å²) in [4.78, 5) is 53.0. The summed E-state index contributed by atoms with van der Waals surface area (Å²) in [7, 11) is 1.37. The Morgan fingerprint density at radius 3 is 2.32 bits per heavy atom. The minimum atomic E-state index is -1.07. The number of likely N-dealkylation sites (tertiary alicyclic amines) is 1. The molecule has 1 saturated carbocycles. The summed E-state index contributed by atoms with van der Waals surface area (Å²) >= 11 is 12.9. The maximum Gasteiger partial charge on any atom is 0.289 e. The molecule has 1 aliphatic heterocycles. The molecule has 2 N–H and O–H groups in total. The van der Waals surface area contributed by atoms with Gasteiger partial charge in [-0.1, -0.05) is 44.5 Å². The number of hydrogen-bond acceptors (Lipinski definition) is 4. The molecule has 1 saturated heterocycles. The predicted molar refractivity (Wildman–Crippen MR) is 129 cm³/mol. The highest BCUT2D eigenvalue weighted by Crippen LogP contribution is 2.65. The fourth-order valence-corrected chi connectivity index (χ4v) is 6.47. The molecule has 0 aromatic heterocycles. The van der Waals surface area contributed by atoms with Crippen molar-refractivity contribution in [3.05, 3.63) is 35.4 Å². The molecule has 2 aliphatic carbocycles. The van der Waals surface area contributed by atoms with E-state index in [2.05, 4.69) is 22.8 Å². The van der Waals surface area contributed by atoms with Crippen LogP contribution in [0.1, 0.15) is 37.8 Å². The van der Waals surface area contributed by atoms with Crippen molar-refractivity contribution in [3.63, 3.8) is 0 Å². The topological polar surface area (TPSA) is 95.6 Å².